The molecule has 2 aromatic carbocycles. The molecule has 4 heteroatoms. The first-order valence-corrected chi connectivity index (χ1v) is 8.56. The van der Waals surface area contributed by atoms with Crippen LogP contribution in [0.15, 0.2) is 42.7 Å². The summed E-state index contributed by atoms with van der Waals surface area (Å²) in [4.78, 5) is 19.8. The highest BCUT2D eigenvalue weighted by Crippen LogP contribution is 2.25. The normalized spacial score (nSPS) is 15.0. The van der Waals surface area contributed by atoms with Gasteiger partial charge in [-0.15, -0.1) is 0 Å². The number of H-pyrrole nitrogens is 1. The van der Waals surface area contributed by atoms with Crippen molar-refractivity contribution >= 4 is 16.9 Å². The van der Waals surface area contributed by atoms with Crippen molar-refractivity contribution in [1.82, 2.24) is 15.3 Å². The fraction of sp³-hybridized carbons (Fsp3) is 0.300. The van der Waals surface area contributed by atoms with Gasteiger partial charge in [-0.05, 0) is 67.5 Å². The summed E-state index contributed by atoms with van der Waals surface area (Å²) >= 11 is 0. The Morgan fingerprint density at radius 3 is 2.83 bits per heavy atom. The molecule has 4 nitrogen and oxygen atoms in total. The van der Waals surface area contributed by atoms with Gasteiger partial charge in [0.15, 0.2) is 0 Å². The predicted molar refractivity (Wildman–Crippen MR) is 95.1 cm³/mol. The number of aryl methyl sites for hydroxylation is 2. The van der Waals surface area contributed by atoms with Crippen LogP contribution in [-0.4, -0.2) is 15.9 Å². The van der Waals surface area contributed by atoms with Gasteiger partial charge in [0.05, 0.1) is 23.4 Å². The number of imidazole rings is 1. The maximum absolute atomic E-state index is 12.5. The van der Waals surface area contributed by atoms with Gasteiger partial charge in [-0.2, -0.15) is 0 Å². The Hall–Kier alpha value is -2.62. The summed E-state index contributed by atoms with van der Waals surface area (Å²) in [6, 6.07) is 12.1. The number of aromatic amines is 1. The molecule has 0 radical (unpaired) electrons. The molecule has 1 aliphatic rings. The average Bonchev–Trinajstić information content (AvgIpc) is 3.08. The fourth-order valence-corrected chi connectivity index (χ4v) is 3.46. The van der Waals surface area contributed by atoms with Crippen LogP contribution in [0.4, 0.5) is 0 Å². The van der Waals surface area contributed by atoms with E-state index in [1.54, 1.807) is 6.33 Å². The number of aromatic nitrogens is 2. The number of hydrogen-bond acceptors (Lipinski definition) is 2. The number of nitrogens with one attached hydrogen (secondary N) is 2. The number of carbonyl (C=O) groups excluding carboxylic acids is 1. The lowest BCUT2D eigenvalue weighted by Gasteiger charge is -2.20. The fourth-order valence-electron chi connectivity index (χ4n) is 3.46. The summed E-state index contributed by atoms with van der Waals surface area (Å²) < 4.78 is 0. The number of benzene rings is 2. The number of amides is 1. The van der Waals surface area contributed by atoms with Crippen molar-refractivity contribution in [3.8, 4) is 0 Å². The SMILES string of the molecule is C[C@@H](NC(=O)c1ccc2nc[nH]c2c1)c1ccc2c(c1)CCCC2. The van der Waals surface area contributed by atoms with E-state index in [1.165, 1.54) is 36.0 Å². The van der Waals surface area contributed by atoms with Crippen LogP contribution in [0, 0.1) is 0 Å². The highest BCUT2D eigenvalue weighted by Gasteiger charge is 2.15. The van der Waals surface area contributed by atoms with E-state index < -0.39 is 0 Å². The maximum atomic E-state index is 12.5. The molecule has 1 aromatic heterocycles. The van der Waals surface area contributed by atoms with Crippen molar-refractivity contribution in [2.75, 3.05) is 0 Å². The molecule has 1 atom stereocenters. The molecule has 1 aliphatic carbocycles. The molecular weight excluding hydrogens is 298 g/mol. The molecule has 1 heterocycles. The lowest BCUT2D eigenvalue weighted by molar-refractivity contribution is 0.0940. The molecule has 24 heavy (non-hydrogen) atoms. The highest BCUT2D eigenvalue weighted by atomic mass is 16.1. The van der Waals surface area contributed by atoms with Gasteiger partial charge >= 0.3 is 0 Å². The Morgan fingerprint density at radius 1 is 1.12 bits per heavy atom. The smallest absolute Gasteiger partial charge is 0.251 e. The summed E-state index contributed by atoms with van der Waals surface area (Å²) in [5, 5.41) is 3.10. The lowest BCUT2D eigenvalue weighted by Crippen LogP contribution is -2.26. The number of rotatable bonds is 3. The van der Waals surface area contributed by atoms with E-state index in [0.717, 1.165) is 17.5 Å². The van der Waals surface area contributed by atoms with E-state index in [2.05, 4.69) is 33.5 Å². The zero-order valence-corrected chi connectivity index (χ0v) is 13.8. The van der Waals surface area contributed by atoms with Crippen LogP contribution in [-0.2, 0) is 12.8 Å². The van der Waals surface area contributed by atoms with Crippen LogP contribution in [0.1, 0.15) is 52.9 Å². The van der Waals surface area contributed by atoms with Crippen LogP contribution < -0.4 is 5.32 Å². The number of fused-ring (bicyclic) bond motifs is 2. The van der Waals surface area contributed by atoms with Gasteiger partial charge in [-0.1, -0.05) is 18.2 Å². The molecule has 0 bridgehead atoms. The highest BCUT2D eigenvalue weighted by molar-refractivity contribution is 5.97. The summed E-state index contributed by atoms with van der Waals surface area (Å²) in [6.07, 6.45) is 6.53. The minimum Gasteiger partial charge on any atom is -0.346 e. The van der Waals surface area contributed by atoms with E-state index in [0.29, 0.717) is 5.56 Å². The van der Waals surface area contributed by atoms with Crippen LogP contribution in [0.2, 0.25) is 0 Å². The third-order valence-electron chi connectivity index (χ3n) is 4.90. The Bertz CT molecular complexity index is 897. The number of hydrogen-bond donors (Lipinski definition) is 2. The van der Waals surface area contributed by atoms with E-state index >= 15 is 0 Å². The second-order valence-corrected chi connectivity index (χ2v) is 6.56. The topological polar surface area (TPSA) is 57.8 Å². The quantitative estimate of drug-likeness (QED) is 0.768. The van der Waals surface area contributed by atoms with Crippen LogP contribution in [0.3, 0.4) is 0 Å². The molecule has 1 amide bonds. The second kappa shape index (κ2) is 6.11. The Balaban J connectivity index is 1.52. The summed E-state index contributed by atoms with van der Waals surface area (Å²) in [7, 11) is 0. The largest absolute Gasteiger partial charge is 0.346 e. The molecule has 122 valence electrons. The molecule has 0 fully saturated rings. The van der Waals surface area contributed by atoms with E-state index in [9.17, 15) is 4.79 Å². The standard InChI is InChI=1S/C20H21N3O/c1-13(15-7-6-14-4-2-3-5-16(14)10-15)23-20(24)17-8-9-18-19(11-17)22-12-21-18/h6-13H,2-5H2,1H3,(H,21,22)(H,23,24)/t13-/m1/s1. The van der Waals surface area contributed by atoms with Gasteiger partial charge in [-0.25, -0.2) is 4.98 Å². The van der Waals surface area contributed by atoms with Crippen LogP contribution >= 0.6 is 0 Å². The monoisotopic (exact) mass is 319 g/mol. The first-order valence-electron chi connectivity index (χ1n) is 8.56. The van der Waals surface area contributed by atoms with Crippen molar-refractivity contribution in [1.29, 1.82) is 0 Å². The van der Waals surface area contributed by atoms with Gasteiger partial charge < -0.3 is 10.3 Å². The summed E-state index contributed by atoms with van der Waals surface area (Å²) in [5.74, 6) is -0.0586. The maximum Gasteiger partial charge on any atom is 0.251 e. The molecule has 0 saturated heterocycles. The average molecular weight is 319 g/mol. The molecular formula is C20H21N3O. The predicted octanol–water partition coefficient (Wildman–Crippen LogP) is 3.93. The Morgan fingerprint density at radius 2 is 1.96 bits per heavy atom. The van der Waals surface area contributed by atoms with E-state index in [1.807, 2.05) is 25.1 Å². The van der Waals surface area contributed by atoms with Gasteiger partial charge in [0.1, 0.15) is 0 Å². The minimum atomic E-state index is -0.0586. The molecule has 3 aromatic rings. The van der Waals surface area contributed by atoms with Crippen molar-refractivity contribution < 1.29 is 4.79 Å². The Kier molecular flexibility index (Phi) is 3.81. The van der Waals surface area contributed by atoms with Crippen molar-refractivity contribution in [2.45, 2.75) is 38.6 Å². The third kappa shape index (κ3) is 2.80. The van der Waals surface area contributed by atoms with Crippen LogP contribution in [0.5, 0.6) is 0 Å². The first kappa shape index (κ1) is 14.9. The number of carbonyl (C=O) groups is 1. The third-order valence-corrected chi connectivity index (χ3v) is 4.90. The van der Waals surface area contributed by atoms with Crippen LogP contribution in [0.25, 0.3) is 11.0 Å². The zero-order chi connectivity index (χ0) is 16.5. The van der Waals surface area contributed by atoms with E-state index in [-0.39, 0.29) is 11.9 Å². The minimum absolute atomic E-state index is 0.0119. The molecule has 0 spiro atoms. The molecule has 4 rings (SSSR count). The van der Waals surface area contributed by atoms with Gasteiger partial charge in [0.25, 0.3) is 5.91 Å². The first-order chi connectivity index (χ1) is 11.7. The lowest BCUT2D eigenvalue weighted by atomic mass is 9.89. The molecule has 2 N–H and O–H groups in total. The summed E-state index contributed by atoms with van der Waals surface area (Å²) in [5.41, 5.74) is 6.48. The second-order valence-electron chi connectivity index (χ2n) is 6.56. The Labute approximate surface area is 141 Å². The molecule has 0 unspecified atom stereocenters. The summed E-state index contributed by atoms with van der Waals surface area (Å²) in [6.45, 7) is 2.04. The number of nitrogens with zero attached hydrogens (tertiary/aromatic N) is 1. The molecule has 0 saturated carbocycles. The van der Waals surface area contributed by atoms with Gasteiger partial charge in [0, 0.05) is 5.56 Å². The molecule has 0 aliphatic heterocycles. The van der Waals surface area contributed by atoms with Crippen molar-refractivity contribution in [3.05, 3.63) is 65.0 Å². The zero-order valence-electron chi connectivity index (χ0n) is 13.8. The van der Waals surface area contributed by atoms with Crippen molar-refractivity contribution in [2.24, 2.45) is 0 Å². The van der Waals surface area contributed by atoms with Gasteiger partial charge in [-0.3, -0.25) is 4.79 Å². The van der Waals surface area contributed by atoms with E-state index in [4.69, 9.17) is 0 Å². The van der Waals surface area contributed by atoms with Crippen molar-refractivity contribution in [3.63, 3.8) is 0 Å². The van der Waals surface area contributed by atoms with Gasteiger partial charge in [0.2, 0.25) is 0 Å².